The fourth-order valence-corrected chi connectivity index (χ4v) is 3.20. The highest BCUT2D eigenvalue weighted by Crippen LogP contribution is 2.49. The van der Waals surface area contributed by atoms with Crippen molar-refractivity contribution in [2.75, 3.05) is 31.1 Å². The number of amidine groups is 1. The molecular formula is C10H19N3OS. The summed E-state index contributed by atoms with van der Waals surface area (Å²) in [6.07, 6.45) is 3.22. The summed E-state index contributed by atoms with van der Waals surface area (Å²) in [5.74, 6) is 2.89. The average molecular weight is 229 g/mol. The van der Waals surface area contributed by atoms with Gasteiger partial charge in [-0.25, -0.2) is 0 Å². The van der Waals surface area contributed by atoms with Crippen LogP contribution in [0.3, 0.4) is 0 Å². The van der Waals surface area contributed by atoms with Crippen molar-refractivity contribution in [2.45, 2.75) is 19.3 Å². The molecule has 0 aromatic rings. The SMILES string of the molecule is NC(CC1(CN2CCSCC2)CC1)=NO. The minimum atomic E-state index is 0.332. The maximum Gasteiger partial charge on any atom is 0.139 e. The highest BCUT2D eigenvalue weighted by Gasteiger charge is 2.44. The second kappa shape index (κ2) is 4.61. The van der Waals surface area contributed by atoms with Crippen LogP contribution in [0, 0.1) is 5.41 Å². The summed E-state index contributed by atoms with van der Waals surface area (Å²) in [6, 6.07) is 0. The summed E-state index contributed by atoms with van der Waals surface area (Å²) in [6.45, 7) is 3.52. The molecule has 2 aliphatic rings. The Hall–Kier alpha value is -0.420. The predicted octanol–water partition coefficient (Wildman–Crippen LogP) is 0.952. The topological polar surface area (TPSA) is 61.8 Å². The van der Waals surface area contributed by atoms with Gasteiger partial charge in [0.25, 0.3) is 0 Å². The Morgan fingerprint density at radius 2 is 2.07 bits per heavy atom. The van der Waals surface area contributed by atoms with E-state index < -0.39 is 0 Å². The molecule has 0 aromatic carbocycles. The van der Waals surface area contributed by atoms with Gasteiger partial charge >= 0.3 is 0 Å². The number of hydrogen-bond donors (Lipinski definition) is 2. The van der Waals surface area contributed by atoms with Gasteiger partial charge in [0.2, 0.25) is 0 Å². The highest BCUT2D eigenvalue weighted by molar-refractivity contribution is 7.99. The molecule has 15 heavy (non-hydrogen) atoms. The molecule has 0 unspecified atom stereocenters. The van der Waals surface area contributed by atoms with Gasteiger partial charge in [-0.3, -0.25) is 0 Å². The molecule has 0 atom stereocenters. The largest absolute Gasteiger partial charge is 0.409 e. The molecular weight excluding hydrogens is 210 g/mol. The molecule has 3 N–H and O–H groups in total. The molecule has 2 fully saturated rings. The lowest BCUT2D eigenvalue weighted by molar-refractivity contribution is 0.240. The lowest BCUT2D eigenvalue weighted by Gasteiger charge is -2.30. The fraction of sp³-hybridized carbons (Fsp3) is 0.900. The normalized spacial score (nSPS) is 26.5. The fourth-order valence-electron chi connectivity index (χ4n) is 2.22. The molecule has 1 saturated heterocycles. The first-order valence-electron chi connectivity index (χ1n) is 5.51. The quantitative estimate of drug-likeness (QED) is 0.326. The van der Waals surface area contributed by atoms with Gasteiger partial charge in [-0.15, -0.1) is 0 Å². The zero-order chi connectivity index (χ0) is 10.7. The van der Waals surface area contributed by atoms with Crippen LogP contribution in [0.1, 0.15) is 19.3 Å². The van der Waals surface area contributed by atoms with Crippen LogP contribution in [0.5, 0.6) is 0 Å². The van der Waals surface area contributed by atoms with Gasteiger partial charge in [-0.1, -0.05) is 5.16 Å². The molecule has 1 aliphatic carbocycles. The molecule has 0 amide bonds. The molecule has 1 heterocycles. The maximum absolute atomic E-state index is 8.58. The third-order valence-corrected chi connectivity index (χ3v) is 4.25. The van der Waals surface area contributed by atoms with Crippen LogP contribution in [-0.4, -0.2) is 47.1 Å². The van der Waals surface area contributed by atoms with Crippen molar-refractivity contribution in [3.8, 4) is 0 Å². The van der Waals surface area contributed by atoms with E-state index in [4.69, 9.17) is 10.9 Å². The van der Waals surface area contributed by atoms with Crippen LogP contribution in [0.4, 0.5) is 0 Å². The van der Waals surface area contributed by atoms with Gasteiger partial charge in [-0.2, -0.15) is 11.8 Å². The number of oxime groups is 1. The minimum Gasteiger partial charge on any atom is -0.409 e. The molecule has 1 aliphatic heterocycles. The van der Waals surface area contributed by atoms with E-state index in [-0.39, 0.29) is 0 Å². The van der Waals surface area contributed by atoms with Gasteiger partial charge < -0.3 is 15.8 Å². The maximum atomic E-state index is 8.58. The van der Waals surface area contributed by atoms with Crippen LogP contribution in [0.15, 0.2) is 5.16 Å². The standard InChI is InChI=1S/C10H19N3OS/c11-9(12-14)7-10(1-2-10)8-13-3-5-15-6-4-13/h14H,1-8H2,(H2,11,12). The number of hydrogen-bond acceptors (Lipinski definition) is 4. The average Bonchev–Trinajstić information content (AvgIpc) is 2.99. The lowest BCUT2D eigenvalue weighted by Crippen LogP contribution is -2.38. The Morgan fingerprint density at radius 3 is 2.60 bits per heavy atom. The van der Waals surface area contributed by atoms with E-state index in [9.17, 15) is 0 Å². The lowest BCUT2D eigenvalue weighted by atomic mass is 10.0. The van der Waals surface area contributed by atoms with Crippen molar-refractivity contribution in [1.82, 2.24) is 4.90 Å². The van der Waals surface area contributed by atoms with Crippen LogP contribution >= 0.6 is 11.8 Å². The van der Waals surface area contributed by atoms with E-state index in [2.05, 4.69) is 10.1 Å². The number of thioether (sulfide) groups is 1. The molecule has 1 saturated carbocycles. The summed E-state index contributed by atoms with van der Waals surface area (Å²) in [7, 11) is 0. The molecule has 0 aromatic heterocycles. The van der Waals surface area contributed by atoms with Crippen LogP contribution < -0.4 is 5.73 Å². The third-order valence-electron chi connectivity index (χ3n) is 3.30. The zero-order valence-corrected chi connectivity index (χ0v) is 9.80. The van der Waals surface area contributed by atoms with E-state index in [1.807, 2.05) is 11.8 Å². The minimum absolute atomic E-state index is 0.332. The van der Waals surface area contributed by atoms with E-state index in [1.165, 1.54) is 37.4 Å². The Bertz CT molecular complexity index is 247. The van der Waals surface area contributed by atoms with Gasteiger partial charge in [0, 0.05) is 37.6 Å². The van der Waals surface area contributed by atoms with Crippen molar-refractivity contribution in [1.29, 1.82) is 0 Å². The molecule has 2 rings (SSSR count). The Labute approximate surface area is 94.9 Å². The van der Waals surface area contributed by atoms with Gasteiger partial charge in [-0.05, 0) is 18.3 Å². The Morgan fingerprint density at radius 1 is 1.40 bits per heavy atom. The van der Waals surface area contributed by atoms with Crippen molar-refractivity contribution in [2.24, 2.45) is 16.3 Å². The van der Waals surface area contributed by atoms with E-state index in [0.717, 1.165) is 13.0 Å². The first-order chi connectivity index (χ1) is 7.24. The zero-order valence-electron chi connectivity index (χ0n) is 8.98. The van der Waals surface area contributed by atoms with Gasteiger partial charge in [0.15, 0.2) is 0 Å². The second-order valence-corrected chi connectivity index (χ2v) is 5.88. The number of rotatable bonds is 4. The molecule has 4 nitrogen and oxygen atoms in total. The van der Waals surface area contributed by atoms with Crippen molar-refractivity contribution >= 4 is 17.6 Å². The highest BCUT2D eigenvalue weighted by atomic mass is 32.2. The van der Waals surface area contributed by atoms with Crippen LogP contribution in [0.2, 0.25) is 0 Å². The van der Waals surface area contributed by atoms with Crippen LogP contribution in [0.25, 0.3) is 0 Å². The summed E-state index contributed by atoms with van der Waals surface area (Å²) in [5, 5.41) is 11.7. The van der Waals surface area contributed by atoms with Crippen molar-refractivity contribution < 1.29 is 5.21 Å². The summed E-state index contributed by atoms with van der Waals surface area (Å²) >= 11 is 2.03. The van der Waals surface area contributed by atoms with E-state index >= 15 is 0 Å². The van der Waals surface area contributed by atoms with Gasteiger partial charge in [0.1, 0.15) is 5.84 Å². The third kappa shape index (κ3) is 3.01. The predicted molar refractivity (Wildman–Crippen MR) is 63.5 cm³/mol. The Balaban J connectivity index is 1.82. The molecule has 0 bridgehead atoms. The molecule has 0 radical (unpaired) electrons. The summed E-state index contributed by atoms with van der Waals surface area (Å²) < 4.78 is 0. The van der Waals surface area contributed by atoms with Crippen molar-refractivity contribution in [3.63, 3.8) is 0 Å². The molecule has 86 valence electrons. The monoisotopic (exact) mass is 229 g/mol. The first kappa shape index (κ1) is 11.1. The first-order valence-corrected chi connectivity index (χ1v) is 6.66. The molecule has 5 heteroatoms. The summed E-state index contributed by atoms with van der Waals surface area (Å²) in [5.41, 5.74) is 5.91. The number of nitrogens with zero attached hydrogens (tertiary/aromatic N) is 2. The Kier molecular flexibility index (Phi) is 3.41. The summed E-state index contributed by atoms with van der Waals surface area (Å²) in [4.78, 5) is 2.52. The van der Waals surface area contributed by atoms with E-state index in [1.54, 1.807) is 0 Å². The van der Waals surface area contributed by atoms with E-state index in [0.29, 0.717) is 11.3 Å². The van der Waals surface area contributed by atoms with Crippen LogP contribution in [-0.2, 0) is 0 Å². The van der Waals surface area contributed by atoms with Gasteiger partial charge in [0.05, 0.1) is 0 Å². The van der Waals surface area contributed by atoms with Crippen molar-refractivity contribution in [3.05, 3.63) is 0 Å². The number of nitrogens with two attached hydrogens (primary N) is 1. The smallest absolute Gasteiger partial charge is 0.139 e. The second-order valence-electron chi connectivity index (χ2n) is 4.66. The molecule has 0 spiro atoms.